The molecule has 1 aliphatic rings. The lowest BCUT2D eigenvalue weighted by molar-refractivity contribution is 0.520. The molecule has 0 aliphatic carbocycles. The van der Waals surface area contributed by atoms with Crippen molar-refractivity contribution in [1.82, 2.24) is 10.6 Å². The van der Waals surface area contributed by atoms with Crippen LogP contribution in [0.25, 0.3) is 0 Å². The molecule has 0 aromatic rings. The number of rotatable bonds is 2. The third kappa shape index (κ3) is 1.93. The minimum absolute atomic E-state index is 0.607. The average Bonchev–Trinajstić information content (AvgIpc) is 2.04. The second-order valence-corrected chi connectivity index (χ2v) is 3.99. The van der Waals surface area contributed by atoms with Crippen molar-refractivity contribution in [2.24, 2.45) is 11.8 Å². The lowest BCUT2D eigenvalue weighted by Crippen LogP contribution is -2.38. The van der Waals surface area contributed by atoms with Crippen molar-refractivity contribution in [2.75, 3.05) is 13.1 Å². The highest BCUT2D eigenvalue weighted by Crippen LogP contribution is 2.18. The monoisotopic (exact) mass is 168 g/mol. The summed E-state index contributed by atoms with van der Waals surface area (Å²) in [6.07, 6.45) is 0. The van der Waals surface area contributed by atoms with E-state index in [4.69, 9.17) is 0 Å². The van der Waals surface area contributed by atoms with Gasteiger partial charge in [0, 0.05) is 24.5 Å². The van der Waals surface area contributed by atoms with E-state index in [0.717, 1.165) is 13.1 Å². The molecule has 0 spiro atoms. The summed E-state index contributed by atoms with van der Waals surface area (Å²) < 4.78 is 0. The van der Waals surface area contributed by atoms with Crippen LogP contribution in [0.3, 0.4) is 0 Å². The molecule has 0 saturated heterocycles. The number of hydrogen-bond acceptors (Lipinski definition) is 2. The Morgan fingerprint density at radius 3 is 1.42 bits per heavy atom. The molecule has 2 N–H and O–H groups in total. The van der Waals surface area contributed by atoms with E-state index in [2.05, 4.69) is 38.3 Å². The van der Waals surface area contributed by atoms with E-state index in [1.165, 1.54) is 11.4 Å². The van der Waals surface area contributed by atoms with Gasteiger partial charge in [-0.05, 0) is 11.8 Å². The Labute approximate surface area is 75.4 Å². The summed E-state index contributed by atoms with van der Waals surface area (Å²) in [5.41, 5.74) is 2.80. The zero-order chi connectivity index (χ0) is 9.14. The van der Waals surface area contributed by atoms with E-state index >= 15 is 0 Å². The maximum absolute atomic E-state index is 3.47. The fourth-order valence-electron chi connectivity index (χ4n) is 1.62. The summed E-state index contributed by atoms with van der Waals surface area (Å²) in [6, 6.07) is 0. The molecule has 0 aromatic carbocycles. The van der Waals surface area contributed by atoms with Crippen LogP contribution < -0.4 is 10.6 Å². The minimum Gasteiger partial charge on any atom is -0.385 e. The van der Waals surface area contributed by atoms with E-state index in [-0.39, 0.29) is 0 Å². The molecule has 1 heterocycles. The Hall–Kier alpha value is -0.660. The maximum Gasteiger partial charge on any atom is 0.0328 e. The molecule has 0 radical (unpaired) electrons. The zero-order valence-corrected chi connectivity index (χ0v) is 8.57. The van der Waals surface area contributed by atoms with Crippen molar-refractivity contribution in [3.05, 3.63) is 11.4 Å². The highest BCUT2D eigenvalue weighted by molar-refractivity contribution is 5.17. The molecule has 0 unspecified atom stereocenters. The molecular weight excluding hydrogens is 148 g/mol. The summed E-state index contributed by atoms with van der Waals surface area (Å²) in [7, 11) is 0. The van der Waals surface area contributed by atoms with Gasteiger partial charge in [-0.15, -0.1) is 0 Å². The standard InChI is InChI=1S/C10H20N2/c1-7(2)9-10(8(3)4)12-6-5-11-9/h7-8,11-12H,5-6H2,1-4H3. The van der Waals surface area contributed by atoms with Crippen LogP contribution in [0.4, 0.5) is 0 Å². The van der Waals surface area contributed by atoms with Gasteiger partial charge in [0.1, 0.15) is 0 Å². The second-order valence-electron chi connectivity index (χ2n) is 3.99. The van der Waals surface area contributed by atoms with Crippen molar-refractivity contribution in [1.29, 1.82) is 0 Å². The predicted molar refractivity (Wildman–Crippen MR) is 52.7 cm³/mol. The molecule has 0 atom stereocenters. The van der Waals surface area contributed by atoms with Crippen LogP contribution in [0.2, 0.25) is 0 Å². The molecule has 1 rings (SSSR count). The van der Waals surface area contributed by atoms with E-state index < -0.39 is 0 Å². The molecule has 12 heavy (non-hydrogen) atoms. The van der Waals surface area contributed by atoms with Gasteiger partial charge in [0.05, 0.1) is 0 Å². The highest BCUT2D eigenvalue weighted by Gasteiger charge is 2.16. The minimum atomic E-state index is 0.607. The number of nitrogens with one attached hydrogen (secondary N) is 2. The Bertz CT molecular complexity index is 160. The van der Waals surface area contributed by atoms with Gasteiger partial charge in [0.2, 0.25) is 0 Å². The van der Waals surface area contributed by atoms with Crippen LogP contribution in [-0.2, 0) is 0 Å². The van der Waals surface area contributed by atoms with Crippen LogP contribution in [-0.4, -0.2) is 13.1 Å². The molecule has 2 nitrogen and oxygen atoms in total. The highest BCUT2D eigenvalue weighted by atomic mass is 15.0. The van der Waals surface area contributed by atoms with Crippen molar-refractivity contribution >= 4 is 0 Å². The summed E-state index contributed by atoms with van der Waals surface area (Å²) in [5, 5.41) is 6.93. The van der Waals surface area contributed by atoms with Crippen LogP contribution in [0, 0.1) is 11.8 Å². The normalized spacial score (nSPS) is 18.2. The van der Waals surface area contributed by atoms with E-state index in [1.807, 2.05) is 0 Å². The Morgan fingerprint density at radius 1 is 0.833 bits per heavy atom. The first-order valence-electron chi connectivity index (χ1n) is 4.84. The van der Waals surface area contributed by atoms with E-state index in [0.29, 0.717) is 11.8 Å². The summed E-state index contributed by atoms with van der Waals surface area (Å²) in [4.78, 5) is 0. The summed E-state index contributed by atoms with van der Waals surface area (Å²) in [6.45, 7) is 11.1. The first-order valence-corrected chi connectivity index (χ1v) is 4.84. The van der Waals surface area contributed by atoms with Crippen LogP contribution in [0.1, 0.15) is 27.7 Å². The molecule has 70 valence electrons. The van der Waals surface area contributed by atoms with Crippen molar-refractivity contribution in [3.8, 4) is 0 Å². The number of allylic oxidation sites excluding steroid dienone is 2. The van der Waals surface area contributed by atoms with E-state index in [1.54, 1.807) is 0 Å². The van der Waals surface area contributed by atoms with Gasteiger partial charge in [-0.3, -0.25) is 0 Å². The van der Waals surface area contributed by atoms with Gasteiger partial charge in [-0.1, -0.05) is 27.7 Å². The van der Waals surface area contributed by atoms with Gasteiger partial charge >= 0.3 is 0 Å². The van der Waals surface area contributed by atoms with Gasteiger partial charge in [0.25, 0.3) is 0 Å². The summed E-state index contributed by atoms with van der Waals surface area (Å²) >= 11 is 0. The van der Waals surface area contributed by atoms with Gasteiger partial charge in [-0.25, -0.2) is 0 Å². The molecule has 0 aromatic heterocycles. The first kappa shape index (κ1) is 9.43. The molecule has 0 bridgehead atoms. The largest absolute Gasteiger partial charge is 0.385 e. The first-order chi connectivity index (χ1) is 5.63. The Balaban J connectivity index is 2.83. The smallest absolute Gasteiger partial charge is 0.0328 e. The molecule has 0 saturated carbocycles. The van der Waals surface area contributed by atoms with Crippen LogP contribution in [0.5, 0.6) is 0 Å². The molecule has 0 fully saturated rings. The van der Waals surface area contributed by atoms with Crippen molar-refractivity contribution < 1.29 is 0 Å². The fourth-order valence-corrected chi connectivity index (χ4v) is 1.62. The van der Waals surface area contributed by atoms with Gasteiger partial charge in [-0.2, -0.15) is 0 Å². The third-order valence-electron chi connectivity index (χ3n) is 2.20. The van der Waals surface area contributed by atoms with Crippen LogP contribution in [0.15, 0.2) is 11.4 Å². The van der Waals surface area contributed by atoms with Gasteiger partial charge in [0.15, 0.2) is 0 Å². The molecule has 0 amide bonds. The lowest BCUT2D eigenvalue weighted by atomic mass is 10.00. The van der Waals surface area contributed by atoms with E-state index in [9.17, 15) is 0 Å². The van der Waals surface area contributed by atoms with Crippen molar-refractivity contribution in [2.45, 2.75) is 27.7 Å². The van der Waals surface area contributed by atoms with Crippen LogP contribution >= 0.6 is 0 Å². The molecular formula is C10H20N2. The Kier molecular flexibility index (Phi) is 3.01. The maximum atomic E-state index is 3.47. The lowest BCUT2D eigenvalue weighted by Gasteiger charge is -2.28. The molecule has 2 heteroatoms. The second kappa shape index (κ2) is 3.83. The summed E-state index contributed by atoms with van der Waals surface area (Å²) in [5.74, 6) is 1.21. The average molecular weight is 168 g/mol. The topological polar surface area (TPSA) is 24.1 Å². The van der Waals surface area contributed by atoms with Crippen molar-refractivity contribution in [3.63, 3.8) is 0 Å². The Morgan fingerprint density at radius 2 is 1.17 bits per heavy atom. The SMILES string of the molecule is CC(C)C1=C(C(C)C)NCCN1. The predicted octanol–water partition coefficient (Wildman–Crippen LogP) is 1.70. The zero-order valence-electron chi connectivity index (χ0n) is 8.57. The fraction of sp³-hybridized carbons (Fsp3) is 0.800. The quantitative estimate of drug-likeness (QED) is 0.656. The third-order valence-corrected chi connectivity index (χ3v) is 2.20. The van der Waals surface area contributed by atoms with Gasteiger partial charge < -0.3 is 10.6 Å². The molecule has 1 aliphatic heterocycles. The number of hydrogen-bond donors (Lipinski definition) is 2.